The van der Waals surface area contributed by atoms with Crippen molar-refractivity contribution >= 4 is 51.0 Å². The van der Waals surface area contributed by atoms with Crippen LogP contribution in [0.1, 0.15) is 10.4 Å². The molecule has 11 heteroatoms. The van der Waals surface area contributed by atoms with Gasteiger partial charge in [-0.1, -0.05) is 28.8 Å². The second kappa shape index (κ2) is 9.65. The van der Waals surface area contributed by atoms with Crippen molar-refractivity contribution < 1.29 is 17.6 Å². The fourth-order valence-corrected chi connectivity index (χ4v) is 4.67. The summed E-state index contributed by atoms with van der Waals surface area (Å²) in [5.41, 5.74) is 1.36. The van der Waals surface area contributed by atoms with Gasteiger partial charge < -0.3 is 4.42 Å². The van der Waals surface area contributed by atoms with Gasteiger partial charge in [-0.25, -0.2) is 8.42 Å². The molecule has 0 radical (unpaired) electrons. The Morgan fingerprint density at radius 3 is 2.36 bits per heavy atom. The van der Waals surface area contributed by atoms with Crippen LogP contribution in [0.2, 0.25) is 5.02 Å². The van der Waals surface area contributed by atoms with Crippen molar-refractivity contribution in [2.24, 2.45) is 0 Å². The molecule has 8 nitrogen and oxygen atoms in total. The van der Waals surface area contributed by atoms with Crippen molar-refractivity contribution in [3.05, 3.63) is 83.4 Å². The Kier molecular flexibility index (Phi) is 6.68. The Bertz CT molecular complexity index is 1390. The lowest BCUT2D eigenvalue weighted by Gasteiger charge is -2.09. The molecule has 0 saturated heterocycles. The van der Waals surface area contributed by atoms with Crippen molar-refractivity contribution in [2.45, 2.75) is 9.79 Å². The lowest BCUT2D eigenvalue weighted by Crippen LogP contribution is -2.14. The van der Waals surface area contributed by atoms with Crippen LogP contribution in [0.5, 0.6) is 0 Å². The highest BCUT2D eigenvalue weighted by Gasteiger charge is 2.16. The highest BCUT2D eigenvalue weighted by atomic mass is 35.5. The van der Waals surface area contributed by atoms with Crippen LogP contribution in [-0.4, -0.2) is 30.8 Å². The standard InChI is InChI=1S/C22H17ClN4O4S2/c1-32-19-5-3-2-4-18(19)21-25-26-22(31-21)24-20(28)14-6-10-16(11-7-14)27-33(29,30)17-12-8-15(23)9-13-17/h2-13,27H,1H3,(H,24,26,28). The third kappa shape index (κ3) is 5.36. The van der Waals surface area contributed by atoms with Gasteiger partial charge in [0.25, 0.3) is 21.8 Å². The number of rotatable bonds is 7. The van der Waals surface area contributed by atoms with E-state index in [1.165, 1.54) is 48.5 Å². The van der Waals surface area contributed by atoms with Gasteiger partial charge in [0.2, 0.25) is 0 Å². The molecule has 0 spiro atoms. The third-order valence-corrected chi connectivity index (χ3v) is 6.95. The number of carbonyl (C=O) groups excluding carboxylic acids is 1. The van der Waals surface area contributed by atoms with Gasteiger partial charge in [0.15, 0.2) is 0 Å². The van der Waals surface area contributed by atoms with Crippen LogP contribution >= 0.6 is 23.4 Å². The van der Waals surface area contributed by atoms with Crippen LogP contribution < -0.4 is 10.0 Å². The van der Waals surface area contributed by atoms with Gasteiger partial charge in [0.1, 0.15) is 0 Å². The summed E-state index contributed by atoms with van der Waals surface area (Å²) in [6.45, 7) is 0. The van der Waals surface area contributed by atoms with E-state index in [1.807, 2.05) is 30.5 Å². The number of thioether (sulfide) groups is 1. The molecule has 4 rings (SSSR count). The van der Waals surface area contributed by atoms with E-state index in [9.17, 15) is 13.2 Å². The molecule has 0 aliphatic carbocycles. The molecular weight excluding hydrogens is 484 g/mol. The van der Waals surface area contributed by atoms with Crippen LogP contribution in [0.25, 0.3) is 11.5 Å². The molecule has 0 aliphatic rings. The zero-order valence-electron chi connectivity index (χ0n) is 17.2. The van der Waals surface area contributed by atoms with Crippen LogP contribution in [0.4, 0.5) is 11.7 Å². The predicted octanol–water partition coefficient (Wildman–Crippen LogP) is 5.17. The van der Waals surface area contributed by atoms with Crippen LogP contribution in [0.15, 0.2) is 87.0 Å². The summed E-state index contributed by atoms with van der Waals surface area (Å²) in [4.78, 5) is 13.6. The molecule has 3 aromatic carbocycles. The first kappa shape index (κ1) is 22.8. The monoisotopic (exact) mass is 500 g/mol. The van der Waals surface area contributed by atoms with E-state index >= 15 is 0 Å². The highest BCUT2D eigenvalue weighted by molar-refractivity contribution is 7.98. The fraction of sp³-hybridized carbons (Fsp3) is 0.0455. The maximum Gasteiger partial charge on any atom is 0.322 e. The van der Waals surface area contributed by atoms with Crippen LogP contribution in [0, 0.1) is 0 Å². The second-order valence-electron chi connectivity index (χ2n) is 6.70. The number of amides is 1. The third-order valence-electron chi connectivity index (χ3n) is 4.51. The summed E-state index contributed by atoms with van der Waals surface area (Å²) in [7, 11) is -3.79. The summed E-state index contributed by atoms with van der Waals surface area (Å²) in [5.74, 6) is -0.183. The maximum atomic E-state index is 12.5. The number of benzene rings is 3. The number of nitrogens with zero attached hydrogens (tertiary/aromatic N) is 2. The molecule has 0 atom stereocenters. The Morgan fingerprint density at radius 2 is 1.67 bits per heavy atom. The fourth-order valence-electron chi connectivity index (χ4n) is 2.89. The minimum Gasteiger partial charge on any atom is -0.403 e. The predicted molar refractivity (Wildman–Crippen MR) is 128 cm³/mol. The summed E-state index contributed by atoms with van der Waals surface area (Å²) in [6, 6.07) is 19.2. The van der Waals surface area contributed by atoms with Crippen molar-refractivity contribution in [3.8, 4) is 11.5 Å². The Balaban J connectivity index is 1.44. The Hall–Kier alpha value is -3.34. The Labute approximate surface area is 199 Å². The summed E-state index contributed by atoms with van der Waals surface area (Å²) in [6.07, 6.45) is 1.94. The first-order valence-electron chi connectivity index (χ1n) is 9.52. The number of sulfonamides is 1. The molecule has 168 valence electrons. The number of nitrogens with one attached hydrogen (secondary N) is 2. The molecule has 4 aromatic rings. The van der Waals surface area contributed by atoms with E-state index in [0.29, 0.717) is 16.6 Å². The smallest absolute Gasteiger partial charge is 0.322 e. The molecule has 0 saturated carbocycles. The lowest BCUT2D eigenvalue weighted by molar-refractivity contribution is 0.102. The zero-order chi connectivity index (χ0) is 23.4. The van der Waals surface area contributed by atoms with Crippen molar-refractivity contribution in [2.75, 3.05) is 16.3 Å². The molecule has 0 unspecified atom stereocenters. The molecule has 33 heavy (non-hydrogen) atoms. The van der Waals surface area contributed by atoms with E-state index in [-0.39, 0.29) is 16.5 Å². The lowest BCUT2D eigenvalue weighted by atomic mass is 10.2. The number of hydrogen-bond acceptors (Lipinski definition) is 7. The van der Waals surface area contributed by atoms with Crippen molar-refractivity contribution in [1.82, 2.24) is 10.2 Å². The van der Waals surface area contributed by atoms with E-state index in [2.05, 4.69) is 20.2 Å². The molecule has 0 bridgehead atoms. The highest BCUT2D eigenvalue weighted by Crippen LogP contribution is 2.29. The van der Waals surface area contributed by atoms with Gasteiger partial charge in [-0.15, -0.1) is 16.9 Å². The SMILES string of the molecule is CSc1ccccc1-c1nnc(NC(=O)c2ccc(NS(=O)(=O)c3ccc(Cl)cc3)cc2)o1. The van der Waals surface area contributed by atoms with Gasteiger partial charge in [-0.2, -0.15) is 0 Å². The number of halogens is 1. The van der Waals surface area contributed by atoms with Crippen LogP contribution in [-0.2, 0) is 10.0 Å². The second-order valence-corrected chi connectivity index (χ2v) is 9.67. The number of aromatic nitrogens is 2. The number of anilines is 2. The van der Waals surface area contributed by atoms with E-state index < -0.39 is 15.9 Å². The zero-order valence-corrected chi connectivity index (χ0v) is 19.5. The van der Waals surface area contributed by atoms with Crippen molar-refractivity contribution in [1.29, 1.82) is 0 Å². The quantitative estimate of drug-likeness (QED) is 0.336. The summed E-state index contributed by atoms with van der Waals surface area (Å²) < 4.78 is 33.0. The molecule has 0 aliphatic heterocycles. The van der Waals surface area contributed by atoms with Crippen LogP contribution in [0.3, 0.4) is 0 Å². The topological polar surface area (TPSA) is 114 Å². The number of hydrogen-bond donors (Lipinski definition) is 2. The molecule has 2 N–H and O–H groups in total. The van der Waals surface area contributed by atoms with Gasteiger partial charge in [-0.05, 0) is 66.9 Å². The minimum absolute atomic E-state index is 0.0431. The van der Waals surface area contributed by atoms with Crippen molar-refractivity contribution in [3.63, 3.8) is 0 Å². The molecule has 1 amide bonds. The minimum atomic E-state index is -3.79. The number of carbonyl (C=O) groups is 1. The van der Waals surface area contributed by atoms with Gasteiger partial charge in [0.05, 0.1) is 10.5 Å². The molecule has 0 fully saturated rings. The average molecular weight is 501 g/mol. The Morgan fingerprint density at radius 1 is 0.970 bits per heavy atom. The van der Waals surface area contributed by atoms with E-state index in [4.69, 9.17) is 16.0 Å². The maximum absolute atomic E-state index is 12.5. The van der Waals surface area contributed by atoms with E-state index in [1.54, 1.807) is 11.8 Å². The summed E-state index contributed by atoms with van der Waals surface area (Å²) >= 11 is 7.35. The van der Waals surface area contributed by atoms with Gasteiger partial charge >= 0.3 is 6.01 Å². The molecule has 1 aromatic heterocycles. The van der Waals surface area contributed by atoms with Gasteiger partial charge in [0, 0.05) is 21.2 Å². The average Bonchev–Trinajstić information content (AvgIpc) is 3.27. The largest absolute Gasteiger partial charge is 0.403 e. The summed E-state index contributed by atoms with van der Waals surface area (Å²) in [5, 5.41) is 10.9. The van der Waals surface area contributed by atoms with E-state index in [0.717, 1.165) is 10.5 Å². The first-order valence-corrected chi connectivity index (χ1v) is 12.6. The molecule has 1 heterocycles. The first-order chi connectivity index (χ1) is 15.9. The molecular formula is C22H17ClN4O4S2. The van der Waals surface area contributed by atoms with Gasteiger partial charge in [-0.3, -0.25) is 14.8 Å². The normalized spacial score (nSPS) is 11.2.